The number of benzene rings is 1. The predicted octanol–water partition coefficient (Wildman–Crippen LogP) is 2.58. The number of hydrogen-bond donors (Lipinski definition) is 0. The van der Waals surface area contributed by atoms with Crippen LogP contribution in [0.4, 0.5) is 0 Å². The summed E-state index contributed by atoms with van der Waals surface area (Å²) >= 11 is 0. The fourth-order valence-corrected chi connectivity index (χ4v) is 1.81. The molecule has 92 valence electrons. The lowest BCUT2D eigenvalue weighted by atomic mass is 9.90. The summed E-state index contributed by atoms with van der Waals surface area (Å²) in [5, 5.41) is 0. The zero-order chi connectivity index (χ0) is 13.1. The van der Waals surface area contributed by atoms with Gasteiger partial charge >= 0.3 is 0 Å². The molecular formula is C13H17NO3. The molecule has 0 spiro atoms. The molecule has 0 atom stereocenters. The van der Waals surface area contributed by atoms with Gasteiger partial charge in [-0.25, -0.2) is 4.79 Å². The molecule has 0 aliphatic rings. The summed E-state index contributed by atoms with van der Waals surface area (Å²) in [6, 6.07) is 3.71. The van der Waals surface area contributed by atoms with Crippen LogP contribution in [-0.4, -0.2) is 20.3 Å². The summed E-state index contributed by atoms with van der Waals surface area (Å²) in [5.41, 5.74) is 1.29. The van der Waals surface area contributed by atoms with Gasteiger partial charge in [0.1, 0.15) is 0 Å². The molecular weight excluding hydrogens is 218 g/mol. The van der Waals surface area contributed by atoms with E-state index in [2.05, 4.69) is 4.99 Å². The van der Waals surface area contributed by atoms with Crippen LogP contribution in [0.1, 0.15) is 25.0 Å². The van der Waals surface area contributed by atoms with E-state index in [4.69, 9.17) is 9.47 Å². The molecule has 0 saturated heterocycles. The monoisotopic (exact) mass is 235 g/mol. The van der Waals surface area contributed by atoms with Gasteiger partial charge < -0.3 is 9.47 Å². The second-order valence-electron chi connectivity index (χ2n) is 4.28. The largest absolute Gasteiger partial charge is 0.493 e. The van der Waals surface area contributed by atoms with E-state index in [1.807, 2.05) is 32.9 Å². The zero-order valence-corrected chi connectivity index (χ0v) is 10.8. The molecule has 17 heavy (non-hydrogen) atoms. The normalized spacial score (nSPS) is 10.6. The molecule has 1 rings (SSSR count). The molecule has 4 heteroatoms. The maximum atomic E-state index is 10.4. The van der Waals surface area contributed by atoms with Crippen LogP contribution in [-0.2, 0) is 10.3 Å². The van der Waals surface area contributed by atoms with Crippen LogP contribution < -0.4 is 9.47 Å². The number of aliphatic imine (C=N–C) groups is 1. The van der Waals surface area contributed by atoms with Gasteiger partial charge in [-0.2, -0.15) is 4.99 Å². The van der Waals surface area contributed by atoms with E-state index in [-0.39, 0.29) is 0 Å². The Bertz CT molecular complexity index is 460. The molecule has 0 bridgehead atoms. The van der Waals surface area contributed by atoms with Crippen molar-refractivity contribution in [2.45, 2.75) is 26.3 Å². The summed E-state index contributed by atoms with van der Waals surface area (Å²) in [4.78, 5) is 14.3. The first-order chi connectivity index (χ1) is 7.96. The van der Waals surface area contributed by atoms with Gasteiger partial charge in [0.2, 0.25) is 6.08 Å². The Hall–Kier alpha value is -1.80. The zero-order valence-electron chi connectivity index (χ0n) is 10.8. The van der Waals surface area contributed by atoms with Gasteiger partial charge in [-0.15, -0.1) is 0 Å². The van der Waals surface area contributed by atoms with Crippen molar-refractivity contribution in [3.05, 3.63) is 23.3 Å². The quantitative estimate of drug-likeness (QED) is 0.595. The Balaban J connectivity index is 3.40. The molecule has 1 aromatic carbocycles. The van der Waals surface area contributed by atoms with E-state index in [0.29, 0.717) is 11.5 Å². The van der Waals surface area contributed by atoms with Crippen molar-refractivity contribution >= 4 is 6.08 Å². The molecule has 0 fully saturated rings. The van der Waals surface area contributed by atoms with Gasteiger partial charge in [0.25, 0.3) is 0 Å². The van der Waals surface area contributed by atoms with Crippen molar-refractivity contribution in [2.75, 3.05) is 14.2 Å². The lowest BCUT2D eigenvalue weighted by molar-refractivity contribution is 0.353. The van der Waals surface area contributed by atoms with E-state index >= 15 is 0 Å². The van der Waals surface area contributed by atoms with Gasteiger partial charge in [-0.05, 0) is 44.0 Å². The molecule has 0 radical (unpaired) electrons. The van der Waals surface area contributed by atoms with E-state index in [1.165, 1.54) is 0 Å². The molecule has 0 N–H and O–H groups in total. The van der Waals surface area contributed by atoms with E-state index in [9.17, 15) is 4.79 Å². The van der Waals surface area contributed by atoms with Crippen molar-refractivity contribution in [1.29, 1.82) is 0 Å². The highest BCUT2D eigenvalue weighted by molar-refractivity contribution is 5.50. The fraction of sp³-hybridized carbons (Fsp3) is 0.462. The minimum absolute atomic E-state index is 0.620. The molecule has 0 aromatic heterocycles. The van der Waals surface area contributed by atoms with Crippen LogP contribution in [0, 0.1) is 6.92 Å². The minimum atomic E-state index is -0.620. The third-order valence-corrected chi connectivity index (χ3v) is 2.71. The third-order valence-electron chi connectivity index (χ3n) is 2.71. The van der Waals surface area contributed by atoms with Gasteiger partial charge in [-0.3, -0.25) is 0 Å². The number of isocyanates is 1. The number of carbonyl (C=O) groups excluding carboxylic acids is 1. The molecule has 0 unspecified atom stereocenters. The molecule has 0 saturated carbocycles. The summed E-state index contributed by atoms with van der Waals surface area (Å²) < 4.78 is 10.5. The number of nitrogens with zero attached hydrogens (tertiary/aromatic N) is 1. The van der Waals surface area contributed by atoms with Gasteiger partial charge in [0.05, 0.1) is 19.8 Å². The van der Waals surface area contributed by atoms with Gasteiger partial charge in [0.15, 0.2) is 11.5 Å². The minimum Gasteiger partial charge on any atom is -0.493 e. The van der Waals surface area contributed by atoms with Gasteiger partial charge in [0, 0.05) is 0 Å². The smallest absolute Gasteiger partial charge is 0.235 e. The SMILES string of the molecule is COc1cc(C)c(C(C)(C)N=C=O)cc1OC. The number of ether oxygens (including phenoxy) is 2. The lowest BCUT2D eigenvalue weighted by Crippen LogP contribution is -2.15. The topological polar surface area (TPSA) is 47.9 Å². The van der Waals surface area contributed by atoms with Gasteiger partial charge in [-0.1, -0.05) is 0 Å². The highest BCUT2D eigenvalue weighted by Gasteiger charge is 2.23. The molecule has 0 aliphatic heterocycles. The Morgan fingerprint density at radius 1 is 1.18 bits per heavy atom. The van der Waals surface area contributed by atoms with Crippen LogP contribution >= 0.6 is 0 Å². The first-order valence-corrected chi connectivity index (χ1v) is 5.28. The Morgan fingerprint density at radius 2 is 1.71 bits per heavy atom. The Morgan fingerprint density at radius 3 is 2.18 bits per heavy atom. The highest BCUT2D eigenvalue weighted by Crippen LogP contribution is 2.36. The van der Waals surface area contributed by atoms with Crippen LogP contribution in [0.15, 0.2) is 17.1 Å². The van der Waals surface area contributed by atoms with Crippen molar-refractivity contribution in [3.63, 3.8) is 0 Å². The summed E-state index contributed by atoms with van der Waals surface area (Å²) in [5.74, 6) is 1.29. The molecule has 4 nitrogen and oxygen atoms in total. The van der Waals surface area contributed by atoms with Crippen molar-refractivity contribution in [2.24, 2.45) is 4.99 Å². The van der Waals surface area contributed by atoms with E-state index in [1.54, 1.807) is 20.3 Å². The maximum Gasteiger partial charge on any atom is 0.235 e. The van der Waals surface area contributed by atoms with Crippen molar-refractivity contribution < 1.29 is 14.3 Å². The third kappa shape index (κ3) is 2.66. The van der Waals surface area contributed by atoms with Crippen LogP contribution in [0.5, 0.6) is 11.5 Å². The Labute approximate surface area is 101 Å². The van der Waals surface area contributed by atoms with E-state index < -0.39 is 5.54 Å². The molecule has 1 aromatic rings. The maximum absolute atomic E-state index is 10.4. The number of rotatable bonds is 4. The standard InChI is InChI=1S/C13H17NO3/c1-9-6-11(16-4)12(17-5)7-10(9)13(2,3)14-8-15/h6-7H,1-5H3. The number of aryl methyl sites for hydroxylation is 1. The molecule has 0 amide bonds. The van der Waals surface area contributed by atoms with Crippen LogP contribution in [0.3, 0.4) is 0 Å². The van der Waals surface area contributed by atoms with Crippen LogP contribution in [0.2, 0.25) is 0 Å². The second kappa shape index (κ2) is 5.02. The number of methoxy groups -OCH3 is 2. The van der Waals surface area contributed by atoms with Crippen molar-refractivity contribution in [1.82, 2.24) is 0 Å². The molecule has 0 heterocycles. The number of hydrogen-bond acceptors (Lipinski definition) is 4. The summed E-state index contributed by atoms with van der Waals surface area (Å²) in [7, 11) is 3.17. The lowest BCUT2D eigenvalue weighted by Gasteiger charge is -2.22. The van der Waals surface area contributed by atoms with Crippen LogP contribution in [0.25, 0.3) is 0 Å². The first-order valence-electron chi connectivity index (χ1n) is 5.28. The van der Waals surface area contributed by atoms with Crippen molar-refractivity contribution in [3.8, 4) is 11.5 Å². The van der Waals surface area contributed by atoms with E-state index in [0.717, 1.165) is 11.1 Å². The summed E-state index contributed by atoms with van der Waals surface area (Å²) in [6.45, 7) is 5.65. The fourth-order valence-electron chi connectivity index (χ4n) is 1.81. The summed E-state index contributed by atoms with van der Waals surface area (Å²) in [6.07, 6.45) is 1.60. The highest BCUT2D eigenvalue weighted by atomic mass is 16.5. The second-order valence-corrected chi connectivity index (χ2v) is 4.28. The first kappa shape index (κ1) is 13.3. The molecule has 0 aliphatic carbocycles. The average Bonchev–Trinajstić information content (AvgIpc) is 2.28. The predicted molar refractivity (Wildman–Crippen MR) is 65.4 cm³/mol. The Kier molecular flexibility index (Phi) is 3.92. The average molecular weight is 235 g/mol.